The van der Waals surface area contributed by atoms with Crippen molar-refractivity contribution in [1.82, 2.24) is 13.9 Å². The van der Waals surface area contributed by atoms with Gasteiger partial charge in [-0.1, -0.05) is 29.8 Å². The van der Waals surface area contributed by atoms with E-state index in [1.807, 2.05) is 0 Å². The van der Waals surface area contributed by atoms with E-state index in [-0.39, 0.29) is 29.6 Å². The van der Waals surface area contributed by atoms with Crippen LogP contribution >= 0.6 is 11.6 Å². The Hall–Kier alpha value is -2.00. The highest BCUT2D eigenvalue weighted by Gasteiger charge is 2.25. The van der Waals surface area contributed by atoms with Gasteiger partial charge in [-0.15, -0.1) is 0 Å². The van der Waals surface area contributed by atoms with E-state index in [1.165, 1.54) is 39.3 Å². The van der Waals surface area contributed by atoms with E-state index < -0.39 is 16.0 Å². The molecule has 0 atom stereocenters. The molecule has 0 saturated carbocycles. The lowest BCUT2D eigenvalue weighted by Crippen LogP contribution is -2.39. The van der Waals surface area contributed by atoms with Crippen molar-refractivity contribution < 1.29 is 17.6 Å². The zero-order chi connectivity index (χ0) is 20.2. The second kappa shape index (κ2) is 8.79. The molecular weight excluding hydrogens is 393 g/mol. The molecule has 27 heavy (non-hydrogen) atoms. The lowest BCUT2D eigenvalue weighted by Gasteiger charge is -2.25. The fourth-order valence-corrected chi connectivity index (χ4v) is 3.77. The summed E-state index contributed by atoms with van der Waals surface area (Å²) in [6.07, 6.45) is 0. The smallest absolute Gasteiger partial charge is 0.282 e. The second-order valence-corrected chi connectivity index (χ2v) is 8.55. The van der Waals surface area contributed by atoms with Crippen LogP contribution in [0.25, 0.3) is 0 Å². The first kappa shape index (κ1) is 21.3. The molecule has 0 aliphatic carbocycles. The molecule has 2 rings (SSSR count). The molecule has 146 valence electrons. The summed E-state index contributed by atoms with van der Waals surface area (Å²) in [5, 5.41) is 2.69. The molecule has 0 saturated heterocycles. The van der Waals surface area contributed by atoms with Crippen molar-refractivity contribution >= 4 is 27.7 Å². The van der Waals surface area contributed by atoms with Crippen molar-refractivity contribution in [3.05, 3.63) is 70.0 Å². The second-order valence-electron chi connectivity index (χ2n) is 6.00. The summed E-state index contributed by atoms with van der Waals surface area (Å²) in [5.41, 5.74) is 1.32. The normalized spacial score (nSPS) is 11.8. The molecule has 0 spiro atoms. The molecule has 2 aromatic carbocycles. The van der Waals surface area contributed by atoms with Crippen LogP contribution < -0.4 is 5.32 Å². The SMILES string of the molecule is CNC(=O)c1ccc(CN(C)S(=O)(=O)N(C)Cc2c(F)cccc2Cl)cc1. The van der Waals surface area contributed by atoms with Crippen LogP contribution in [-0.4, -0.2) is 44.1 Å². The summed E-state index contributed by atoms with van der Waals surface area (Å²) in [6.45, 7) is -0.0838. The molecule has 0 heterocycles. The van der Waals surface area contributed by atoms with Crippen molar-refractivity contribution in [3.63, 3.8) is 0 Å². The Morgan fingerprint density at radius 2 is 1.67 bits per heavy atom. The minimum Gasteiger partial charge on any atom is -0.355 e. The van der Waals surface area contributed by atoms with Crippen LogP contribution in [0.4, 0.5) is 4.39 Å². The average molecular weight is 414 g/mol. The number of carbonyl (C=O) groups is 1. The van der Waals surface area contributed by atoms with Crippen molar-refractivity contribution in [2.24, 2.45) is 0 Å². The number of hydrogen-bond donors (Lipinski definition) is 1. The molecule has 0 bridgehead atoms. The maximum absolute atomic E-state index is 13.9. The maximum atomic E-state index is 13.9. The number of nitrogens with zero attached hydrogens (tertiary/aromatic N) is 2. The zero-order valence-corrected chi connectivity index (χ0v) is 16.8. The summed E-state index contributed by atoms with van der Waals surface area (Å²) >= 11 is 5.98. The highest BCUT2D eigenvalue weighted by molar-refractivity contribution is 7.86. The zero-order valence-electron chi connectivity index (χ0n) is 15.2. The number of amides is 1. The van der Waals surface area contributed by atoms with E-state index in [1.54, 1.807) is 24.3 Å². The Morgan fingerprint density at radius 3 is 2.22 bits per heavy atom. The molecule has 0 unspecified atom stereocenters. The van der Waals surface area contributed by atoms with E-state index in [4.69, 9.17) is 11.6 Å². The van der Waals surface area contributed by atoms with E-state index >= 15 is 0 Å². The van der Waals surface area contributed by atoms with Gasteiger partial charge in [0.05, 0.1) is 0 Å². The number of nitrogens with one attached hydrogen (secondary N) is 1. The Labute approximate surface area is 163 Å². The molecular formula is C18H21ClFN3O3S. The van der Waals surface area contributed by atoms with Crippen LogP contribution in [-0.2, 0) is 23.3 Å². The van der Waals surface area contributed by atoms with Crippen molar-refractivity contribution in [2.45, 2.75) is 13.1 Å². The molecule has 0 fully saturated rings. The number of hydrogen-bond acceptors (Lipinski definition) is 3. The largest absolute Gasteiger partial charge is 0.355 e. The van der Waals surface area contributed by atoms with Crippen LogP contribution in [0.1, 0.15) is 21.5 Å². The number of benzene rings is 2. The Kier molecular flexibility index (Phi) is 6.94. The fourth-order valence-electron chi connectivity index (χ4n) is 2.47. The molecule has 0 aromatic heterocycles. The maximum Gasteiger partial charge on any atom is 0.282 e. The van der Waals surface area contributed by atoms with Gasteiger partial charge in [0, 0.05) is 50.4 Å². The predicted octanol–water partition coefficient (Wildman–Crippen LogP) is 2.65. The molecule has 0 aliphatic heterocycles. The van der Waals surface area contributed by atoms with Crippen molar-refractivity contribution in [2.75, 3.05) is 21.1 Å². The molecule has 6 nitrogen and oxygen atoms in total. The first-order valence-electron chi connectivity index (χ1n) is 8.08. The van der Waals surface area contributed by atoms with Gasteiger partial charge >= 0.3 is 0 Å². The van der Waals surface area contributed by atoms with Crippen molar-refractivity contribution in [1.29, 1.82) is 0 Å². The molecule has 1 N–H and O–H groups in total. The summed E-state index contributed by atoms with van der Waals surface area (Å²) in [7, 11) is 0.494. The van der Waals surface area contributed by atoms with Gasteiger partial charge in [-0.2, -0.15) is 17.0 Å². The van der Waals surface area contributed by atoms with Crippen LogP contribution in [0.15, 0.2) is 42.5 Å². The first-order valence-corrected chi connectivity index (χ1v) is 9.85. The Bertz CT molecular complexity index is 900. The Morgan fingerprint density at radius 1 is 1.07 bits per heavy atom. The van der Waals surface area contributed by atoms with Gasteiger partial charge in [-0.05, 0) is 29.8 Å². The average Bonchev–Trinajstić information content (AvgIpc) is 2.64. The van der Waals surface area contributed by atoms with Crippen LogP contribution in [0, 0.1) is 5.82 Å². The van der Waals surface area contributed by atoms with E-state index in [2.05, 4.69) is 5.32 Å². The van der Waals surface area contributed by atoms with Crippen molar-refractivity contribution in [3.8, 4) is 0 Å². The monoisotopic (exact) mass is 413 g/mol. The lowest BCUT2D eigenvalue weighted by atomic mass is 10.1. The summed E-state index contributed by atoms with van der Waals surface area (Å²) in [5.74, 6) is -0.777. The van der Waals surface area contributed by atoms with E-state index in [0.29, 0.717) is 11.1 Å². The molecule has 0 radical (unpaired) electrons. The van der Waals surface area contributed by atoms with Gasteiger partial charge in [0.2, 0.25) is 0 Å². The minimum absolute atomic E-state index is 0.103. The van der Waals surface area contributed by atoms with Gasteiger partial charge in [0.1, 0.15) is 5.82 Å². The van der Waals surface area contributed by atoms with Crippen LogP contribution in [0.5, 0.6) is 0 Å². The summed E-state index contributed by atoms with van der Waals surface area (Å²) in [6, 6.07) is 10.8. The minimum atomic E-state index is -3.84. The third kappa shape index (κ3) is 5.04. The molecule has 2 aromatic rings. The summed E-state index contributed by atoms with van der Waals surface area (Å²) in [4.78, 5) is 11.6. The number of halogens is 2. The van der Waals surface area contributed by atoms with Gasteiger partial charge in [0.15, 0.2) is 0 Å². The third-order valence-corrected chi connectivity index (χ3v) is 6.27. The molecule has 0 aliphatic rings. The summed E-state index contributed by atoms with van der Waals surface area (Å²) < 4.78 is 41.5. The van der Waals surface area contributed by atoms with Gasteiger partial charge < -0.3 is 5.32 Å². The van der Waals surface area contributed by atoms with Gasteiger partial charge in [0.25, 0.3) is 16.1 Å². The highest BCUT2D eigenvalue weighted by atomic mass is 35.5. The van der Waals surface area contributed by atoms with Crippen LogP contribution in [0.3, 0.4) is 0 Å². The standard InChI is InChI=1S/C18H21ClFN3O3S/c1-21-18(24)14-9-7-13(8-10-14)11-22(2)27(25,26)23(3)12-15-16(19)5-4-6-17(15)20/h4-10H,11-12H2,1-3H3,(H,21,24). The quantitative estimate of drug-likeness (QED) is 0.758. The molecule has 1 amide bonds. The van der Waals surface area contributed by atoms with E-state index in [9.17, 15) is 17.6 Å². The first-order chi connectivity index (χ1) is 12.7. The van der Waals surface area contributed by atoms with Gasteiger partial charge in [-0.25, -0.2) is 4.39 Å². The lowest BCUT2D eigenvalue weighted by molar-refractivity contribution is 0.0963. The highest BCUT2D eigenvalue weighted by Crippen LogP contribution is 2.22. The van der Waals surface area contributed by atoms with E-state index in [0.717, 1.165) is 8.61 Å². The topological polar surface area (TPSA) is 69.7 Å². The van der Waals surface area contributed by atoms with Gasteiger partial charge in [-0.3, -0.25) is 4.79 Å². The Balaban J connectivity index is 2.12. The third-order valence-electron chi connectivity index (χ3n) is 4.08. The number of carbonyl (C=O) groups excluding carboxylic acids is 1. The fraction of sp³-hybridized carbons (Fsp3) is 0.278. The molecule has 9 heteroatoms. The number of rotatable bonds is 7. The van der Waals surface area contributed by atoms with Crippen LogP contribution in [0.2, 0.25) is 5.02 Å². The predicted molar refractivity (Wildman–Crippen MR) is 103 cm³/mol.